The van der Waals surface area contributed by atoms with Crippen molar-refractivity contribution in [3.63, 3.8) is 0 Å². The largest absolute Gasteiger partial charge is 0.409 e. The van der Waals surface area contributed by atoms with Crippen LogP contribution >= 0.6 is 11.8 Å². The van der Waals surface area contributed by atoms with Gasteiger partial charge < -0.3 is 19.4 Å². The molecular weight excluding hydrogens is 555 g/mol. The van der Waals surface area contributed by atoms with Gasteiger partial charge in [0.1, 0.15) is 17.6 Å². The van der Waals surface area contributed by atoms with Crippen molar-refractivity contribution in [2.75, 3.05) is 6.61 Å². The molecule has 4 atom stereocenters. The van der Waals surface area contributed by atoms with Crippen LogP contribution in [0.2, 0.25) is 18.1 Å². The Morgan fingerprint density at radius 1 is 1.08 bits per heavy atom. The minimum atomic E-state index is -1.83. The van der Waals surface area contributed by atoms with E-state index in [0.29, 0.717) is 6.61 Å². The standard InChI is InChI=1S/C17H28O4SSi.Ac/c1-4-23(5-2,6-3)21-14-12-20-17(16(19)15(14)18)22-13-10-8-7-9-11-13;/h7-11,14-19H,4-6,12H2,1-3H3;/t14-,15-,16+,17-;/m0./s1. The third-order valence-corrected chi connectivity index (χ3v) is 10.6. The van der Waals surface area contributed by atoms with Crippen LogP contribution < -0.4 is 0 Å². The average Bonchev–Trinajstić information content (AvgIpc) is 2.60. The number of aliphatic hydroxyl groups excluding tert-OH is 2. The molecule has 0 bridgehead atoms. The van der Waals surface area contributed by atoms with Crippen LogP contribution in [-0.2, 0) is 9.16 Å². The van der Waals surface area contributed by atoms with Crippen LogP contribution in [0.15, 0.2) is 35.2 Å². The van der Waals surface area contributed by atoms with E-state index >= 15 is 0 Å². The van der Waals surface area contributed by atoms with Gasteiger partial charge in [-0.15, -0.1) is 0 Å². The number of benzene rings is 1. The quantitative estimate of drug-likeness (QED) is 0.483. The van der Waals surface area contributed by atoms with Gasteiger partial charge in [-0.2, -0.15) is 0 Å². The van der Waals surface area contributed by atoms with Crippen molar-refractivity contribution < 1.29 is 63.4 Å². The zero-order valence-electron chi connectivity index (χ0n) is 14.7. The third kappa shape index (κ3) is 5.79. The third-order valence-electron chi connectivity index (χ3n) is 4.76. The van der Waals surface area contributed by atoms with Crippen molar-refractivity contribution in [2.45, 2.75) is 67.5 Å². The molecular formula is C17H28AcO4SSi. The number of hydrogen-bond donors (Lipinski definition) is 2. The molecule has 0 unspecified atom stereocenters. The number of thioether (sulfide) groups is 1. The Labute approximate surface area is 186 Å². The molecule has 0 aliphatic carbocycles. The van der Waals surface area contributed by atoms with Gasteiger partial charge in [-0.25, -0.2) is 0 Å². The molecule has 0 saturated carbocycles. The Hall–Kier alpha value is 1.07. The van der Waals surface area contributed by atoms with E-state index in [2.05, 4.69) is 20.8 Å². The normalized spacial score (nSPS) is 27.5. The van der Waals surface area contributed by atoms with Crippen LogP contribution in [0.25, 0.3) is 0 Å². The molecule has 1 aliphatic heterocycles. The fourth-order valence-electron chi connectivity index (χ4n) is 2.93. The zero-order valence-corrected chi connectivity index (χ0v) is 21.3. The summed E-state index contributed by atoms with van der Waals surface area (Å²) < 4.78 is 12.1. The molecule has 1 aromatic carbocycles. The SMILES string of the molecule is CC[Si](CC)(CC)O[C@H]1CO[C@@H](Sc2ccccc2)[C@H](O)[C@H]1O.[Ac]. The topological polar surface area (TPSA) is 58.9 Å². The molecule has 2 rings (SSSR count). The van der Waals surface area contributed by atoms with Gasteiger partial charge in [0.05, 0.1) is 12.7 Å². The number of aliphatic hydroxyl groups is 2. The summed E-state index contributed by atoms with van der Waals surface area (Å²) in [5.74, 6) is 0. The molecule has 1 aromatic rings. The average molecular weight is 584 g/mol. The maximum Gasteiger partial charge on any atom is 0.192 e. The Morgan fingerprint density at radius 3 is 2.21 bits per heavy atom. The van der Waals surface area contributed by atoms with Crippen molar-refractivity contribution in [1.29, 1.82) is 0 Å². The fourth-order valence-corrected chi connectivity index (χ4v) is 6.81. The monoisotopic (exact) mass is 583 g/mol. The van der Waals surface area contributed by atoms with E-state index < -0.39 is 32.1 Å². The molecule has 1 heterocycles. The molecule has 2 N–H and O–H groups in total. The first-order valence-corrected chi connectivity index (χ1v) is 11.8. The minimum Gasteiger partial charge on any atom is -0.409 e. The van der Waals surface area contributed by atoms with Crippen molar-refractivity contribution in [1.82, 2.24) is 0 Å². The van der Waals surface area contributed by atoms with Crippen LogP contribution in [0.1, 0.15) is 20.8 Å². The van der Waals surface area contributed by atoms with Gasteiger partial charge in [0.15, 0.2) is 8.32 Å². The minimum absolute atomic E-state index is 0. The summed E-state index contributed by atoms with van der Waals surface area (Å²) >= 11 is 1.44. The van der Waals surface area contributed by atoms with Crippen LogP contribution in [0.4, 0.5) is 0 Å². The summed E-state index contributed by atoms with van der Waals surface area (Å²) in [5, 5.41) is 20.9. The smallest absolute Gasteiger partial charge is 0.192 e. The molecule has 0 spiro atoms. The van der Waals surface area contributed by atoms with E-state index in [1.807, 2.05) is 30.3 Å². The van der Waals surface area contributed by atoms with Crippen LogP contribution in [0.3, 0.4) is 0 Å². The van der Waals surface area contributed by atoms with Gasteiger partial charge in [0.25, 0.3) is 0 Å². The van der Waals surface area contributed by atoms with Crippen molar-refractivity contribution in [2.24, 2.45) is 0 Å². The molecule has 1 saturated heterocycles. The molecule has 4 nitrogen and oxygen atoms in total. The second-order valence-electron chi connectivity index (χ2n) is 6.01. The second-order valence-corrected chi connectivity index (χ2v) is 11.9. The van der Waals surface area contributed by atoms with Crippen molar-refractivity contribution in [3.8, 4) is 0 Å². The van der Waals surface area contributed by atoms with E-state index in [9.17, 15) is 10.2 Å². The summed E-state index contributed by atoms with van der Waals surface area (Å²) in [5.41, 5.74) is -0.465. The van der Waals surface area contributed by atoms with E-state index in [4.69, 9.17) is 9.16 Å². The van der Waals surface area contributed by atoms with Gasteiger partial charge in [-0.1, -0.05) is 50.7 Å². The molecule has 1 fully saturated rings. The maximum absolute atomic E-state index is 10.5. The first-order valence-electron chi connectivity index (χ1n) is 8.42. The first-order chi connectivity index (χ1) is 11.0. The Kier molecular flexibility index (Phi) is 10.6. The van der Waals surface area contributed by atoms with E-state index in [-0.39, 0.29) is 44.1 Å². The van der Waals surface area contributed by atoms with Crippen LogP contribution in [-0.4, -0.2) is 48.9 Å². The van der Waals surface area contributed by atoms with Gasteiger partial charge in [-0.05, 0) is 30.3 Å². The Balaban J connectivity index is 0.00000288. The van der Waals surface area contributed by atoms with Gasteiger partial charge in [-0.3, -0.25) is 0 Å². The van der Waals surface area contributed by atoms with E-state index in [0.717, 1.165) is 23.0 Å². The van der Waals surface area contributed by atoms with Crippen LogP contribution in [0.5, 0.6) is 0 Å². The summed E-state index contributed by atoms with van der Waals surface area (Å²) in [6.45, 7) is 6.79. The van der Waals surface area contributed by atoms with Crippen LogP contribution in [0, 0.1) is 44.1 Å². The number of hydrogen-bond acceptors (Lipinski definition) is 5. The van der Waals surface area contributed by atoms with E-state index in [1.165, 1.54) is 11.8 Å². The van der Waals surface area contributed by atoms with Gasteiger partial charge >= 0.3 is 0 Å². The Morgan fingerprint density at radius 2 is 1.67 bits per heavy atom. The zero-order chi connectivity index (χ0) is 16.9. The Bertz CT molecular complexity index is 467. The summed E-state index contributed by atoms with van der Waals surface area (Å²) in [6, 6.07) is 12.8. The van der Waals surface area contributed by atoms with E-state index in [1.54, 1.807) is 0 Å². The summed E-state index contributed by atoms with van der Waals surface area (Å²) in [4.78, 5) is 1.02. The molecule has 0 aromatic heterocycles. The van der Waals surface area contributed by atoms with Gasteiger partial charge in [0, 0.05) is 49.0 Å². The molecule has 24 heavy (non-hydrogen) atoms. The first kappa shape index (κ1) is 23.1. The predicted octanol–water partition coefficient (Wildman–Crippen LogP) is 3.25. The maximum atomic E-state index is 10.5. The number of rotatable bonds is 7. The van der Waals surface area contributed by atoms with Crippen molar-refractivity contribution >= 4 is 20.1 Å². The summed E-state index contributed by atoms with van der Waals surface area (Å²) in [6.07, 6.45) is -2.28. The van der Waals surface area contributed by atoms with Gasteiger partial charge in [0.2, 0.25) is 0 Å². The molecule has 1 radical (unpaired) electrons. The number of ether oxygens (including phenoxy) is 1. The molecule has 7 heteroatoms. The molecule has 133 valence electrons. The molecule has 1 aliphatic rings. The predicted molar refractivity (Wildman–Crippen MR) is 96.1 cm³/mol. The summed E-state index contributed by atoms with van der Waals surface area (Å²) in [7, 11) is -1.83. The molecule has 0 amide bonds. The van der Waals surface area contributed by atoms with Crippen molar-refractivity contribution in [3.05, 3.63) is 30.3 Å². The fraction of sp³-hybridized carbons (Fsp3) is 0.647. The second kappa shape index (κ2) is 11.0.